The van der Waals surface area contributed by atoms with Crippen molar-refractivity contribution in [2.45, 2.75) is 12.3 Å². The number of fused-ring (bicyclic) bond motifs is 1. The number of nitrogens with zero attached hydrogens (tertiary/aromatic N) is 1. The van der Waals surface area contributed by atoms with Crippen LogP contribution in [0.2, 0.25) is 0 Å². The Bertz CT molecular complexity index is 695. The molecule has 0 saturated heterocycles. The Hall–Kier alpha value is -1.82. The maximum atomic E-state index is 12.5. The zero-order chi connectivity index (χ0) is 15.0. The Labute approximate surface area is 127 Å². The van der Waals surface area contributed by atoms with Crippen molar-refractivity contribution >= 4 is 27.8 Å². The van der Waals surface area contributed by atoms with E-state index in [0.29, 0.717) is 17.0 Å². The lowest BCUT2D eigenvalue weighted by atomic mass is 10.1. The molecule has 3 rings (SSSR count). The zero-order valence-electron chi connectivity index (χ0n) is 10.6. The van der Waals surface area contributed by atoms with Crippen LogP contribution >= 0.6 is 15.9 Å². The first-order chi connectivity index (χ1) is 9.95. The van der Waals surface area contributed by atoms with Crippen LogP contribution in [0.3, 0.4) is 0 Å². The number of rotatable bonds is 1. The van der Waals surface area contributed by atoms with Gasteiger partial charge in [0.25, 0.3) is 0 Å². The van der Waals surface area contributed by atoms with Crippen LogP contribution in [-0.2, 0) is 6.18 Å². The van der Waals surface area contributed by atoms with Crippen molar-refractivity contribution in [3.05, 3.63) is 58.1 Å². The van der Waals surface area contributed by atoms with Gasteiger partial charge in [-0.05, 0) is 45.8 Å². The molecule has 108 valence electrons. The van der Waals surface area contributed by atoms with Crippen LogP contribution in [0, 0.1) is 0 Å². The molecule has 0 aromatic heterocycles. The Kier molecular flexibility index (Phi) is 3.49. The van der Waals surface area contributed by atoms with Gasteiger partial charge >= 0.3 is 6.18 Å². The van der Waals surface area contributed by atoms with Crippen molar-refractivity contribution in [3.8, 4) is 5.75 Å². The normalized spacial score (nSPS) is 17.2. The number of alkyl halides is 3. The van der Waals surface area contributed by atoms with Gasteiger partial charge in [0, 0.05) is 0 Å². The first kappa shape index (κ1) is 14.1. The van der Waals surface area contributed by atoms with E-state index in [1.54, 1.807) is 12.3 Å². The fraction of sp³-hybridized carbons (Fsp3) is 0.133. The minimum Gasteiger partial charge on any atom is -0.477 e. The molecule has 0 N–H and O–H groups in total. The molecule has 2 aromatic carbocycles. The quantitative estimate of drug-likeness (QED) is 0.679. The summed E-state index contributed by atoms with van der Waals surface area (Å²) in [6.07, 6.45) is -3.26. The molecule has 1 aliphatic rings. The predicted octanol–water partition coefficient (Wildman–Crippen LogP) is 5.30. The van der Waals surface area contributed by atoms with E-state index in [0.717, 1.165) is 16.6 Å². The Balaban J connectivity index is 1.89. The number of para-hydroxylation sites is 1. The van der Waals surface area contributed by atoms with Crippen molar-refractivity contribution in [2.24, 2.45) is 4.99 Å². The van der Waals surface area contributed by atoms with Crippen LogP contribution in [0.4, 0.5) is 18.9 Å². The van der Waals surface area contributed by atoms with E-state index >= 15 is 0 Å². The molecule has 0 bridgehead atoms. The number of hydrogen-bond donors (Lipinski definition) is 0. The summed E-state index contributed by atoms with van der Waals surface area (Å²) in [5.74, 6) is 0.588. The molecule has 0 spiro atoms. The third-order valence-electron chi connectivity index (χ3n) is 3.11. The smallest absolute Gasteiger partial charge is 0.416 e. The fourth-order valence-electron chi connectivity index (χ4n) is 2.04. The van der Waals surface area contributed by atoms with E-state index in [1.165, 1.54) is 12.1 Å². The molecular weight excluding hydrogens is 347 g/mol. The van der Waals surface area contributed by atoms with Gasteiger partial charge in [0.05, 0.1) is 16.3 Å². The summed E-state index contributed by atoms with van der Waals surface area (Å²) in [4.78, 5) is 4.28. The second-order valence-electron chi connectivity index (χ2n) is 4.52. The van der Waals surface area contributed by atoms with E-state index in [1.807, 2.05) is 12.1 Å². The van der Waals surface area contributed by atoms with Gasteiger partial charge < -0.3 is 4.74 Å². The third kappa shape index (κ3) is 2.81. The molecule has 1 heterocycles. The highest BCUT2D eigenvalue weighted by Gasteiger charge is 2.30. The molecule has 1 atom stereocenters. The molecule has 0 amide bonds. The summed E-state index contributed by atoms with van der Waals surface area (Å²) in [6, 6.07) is 10.4. The van der Waals surface area contributed by atoms with Crippen molar-refractivity contribution in [1.82, 2.24) is 0 Å². The van der Waals surface area contributed by atoms with E-state index in [9.17, 15) is 13.2 Å². The average Bonchev–Trinajstić information content (AvgIpc) is 2.47. The van der Waals surface area contributed by atoms with Crippen LogP contribution in [0.25, 0.3) is 0 Å². The van der Waals surface area contributed by atoms with E-state index in [4.69, 9.17) is 4.74 Å². The maximum absolute atomic E-state index is 12.5. The summed E-state index contributed by atoms with van der Waals surface area (Å²) in [5, 5.41) is 0. The number of halogens is 4. The van der Waals surface area contributed by atoms with E-state index < -0.39 is 17.8 Å². The highest BCUT2D eigenvalue weighted by molar-refractivity contribution is 9.10. The molecular formula is C15H9BrF3NO. The third-order valence-corrected chi connectivity index (χ3v) is 3.73. The van der Waals surface area contributed by atoms with Crippen molar-refractivity contribution in [3.63, 3.8) is 0 Å². The molecule has 0 saturated carbocycles. The lowest BCUT2D eigenvalue weighted by Crippen LogP contribution is -2.13. The first-order valence-electron chi connectivity index (χ1n) is 6.11. The largest absolute Gasteiger partial charge is 0.477 e. The number of hydrogen-bond acceptors (Lipinski definition) is 2. The van der Waals surface area contributed by atoms with Crippen molar-refractivity contribution in [1.29, 1.82) is 0 Å². The Morgan fingerprint density at radius 1 is 1.05 bits per heavy atom. The van der Waals surface area contributed by atoms with Gasteiger partial charge in [0.1, 0.15) is 5.69 Å². The summed E-state index contributed by atoms with van der Waals surface area (Å²) < 4.78 is 44.2. The average molecular weight is 356 g/mol. The minimum atomic E-state index is -4.34. The minimum absolute atomic E-state index is 0.501. The van der Waals surface area contributed by atoms with E-state index in [-0.39, 0.29) is 0 Å². The first-order valence-corrected chi connectivity index (χ1v) is 6.91. The van der Waals surface area contributed by atoms with Gasteiger partial charge in [-0.3, -0.25) is 4.99 Å². The molecule has 2 nitrogen and oxygen atoms in total. The summed E-state index contributed by atoms with van der Waals surface area (Å²) in [5.41, 5.74) is 0.626. The highest BCUT2D eigenvalue weighted by atomic mass is 79.9. The van der Waals surface area contributed by atoms with Crippen LogP contribution in [-0.4, -0.2) is 6.21 Å². The summed E-state index contributed by atoms with van der Waals surface area (Å²) in [6.45, 7) is 0. The zero-order valence-corrected chi connectivity index (χ0v) is 12.1. The standard InChI is InChI=1S/C15H9BrF3NO/c16-11-2-1-3-12-14(11)21-13(8-20-12)9-4-6-10(7-5-9)15(17,18)19/h1-8,13H. The molecule has 0 fully saturated rings. The van der Waals surface area contributed by atoms with Crippen molar-refractivity contribution in [2.75, 3.05) is 0 Å². The molecule has 21 heavy (non-hydrogen) atoms. The van der Waals surface area contributed by atoms with Crippen LogP contribution in [0.5, 0.6) is 5.75 Å². The van der Waals surface area contributed by atoms with Crippen LogP contribution in [0.1, 0.15) is 17.2 Å². The Morgan fingerprint density at radius 2 is 1.76 bits per heavy atom. The van der Waals surface area contributed by atoms with Crippen LogP contribution < -0.4 is 4.74 Å². The molecule has 1 unspecified atom stereocenters. The van der Waals surface area contributed by atoms with E-state index in [2.05, 4.69) is 20.9 Å². The summed E-state index contributed by atoms with van der Waals surface area (Å²) >= 11 is 3.37. The molecule has 2 aromatic rings. The number of ether oxygens (including phenoxy) is 1. The van der Waals surface area contributed by atoms with Crippen LogP contribution in [0.15, 0.2) is 51.9 Å². The van der Waals surface area contributed by atoms with Gasteiger partial charge in [0.2, 0.25) is 0 Å². The predicted molar refractivity (Wildman–Crippen MR) is 77.1 cm³/mol. The molecule has 0 aliphatic carbocycles. The second-order valence-corrected chi connectivity index (χ2v) is 5.38. The van der Waals surface area contributed by atoms with Gasteiger partial charge in [-0.15, -0.1) is 0 Å². The highest BCUT2D eigenvalue weighted by Crippen LogP contribution is 2.40. The number of benzene rings is 2. The maximum Gasteiger partial charge on any atom is 0.416 e. The molecule has 1 aliphatic heterocycles. The van der Waals surface area contributed by atoms with Gasteiger partial charge in [0.15, 0.2) is 11.9 Å². The van der Waals surface area contributed by atoms with Gasteiger partial charge in [-0.25, -0.2) is 0 Å². The van der Waals surface area contributed by atoms with Gasteiger partial charge in [-0.1, -0.05) is 18.2 Å². The molecule has 6 heteroatoms. The Morgan fingerprint density at radius 3 is 2.43 bits per heavy atom. The number of aliphatic imine (C=N–C) groups is 1. The van der Waals surface area contributed by atoms with Gasteiger partial charge in [-0.2, -0.15) is 13.2 Å². The van der Waals surface area contributed by atoms with Crippen molar-refractivity contribution < 1.29 is 17.9 Å². The lowest BCUT2D eigenvalue weighted by molar-refractivity contribution is -0.137. The monoisotopic (exact) mass is 355 g/mol. The second kappa shape index (κ2) is 5.18. The fourth-order valence-corrected chi connectivity index (χ4v) is 2.49. The lowest BCUT2D eigenvalue weighted by Gasteiger charge is -2.22. The summed E-state index contributed by atoms with van der Waals surface area (Å²) in [7, 11) is 0. The topological polar surface area (TPSA) is 21.6 Å². The molecule has 0 radical (unpaired) electrons. The SMILES string of the molecule is FC(F)(F)c1ccc(C2C=Nc3cccc(Br)c3O2)cc1.